The van der Waals surface area contributed by atoms with E-state index < -0.39 is 24.3 Å². The Hall–Kier alpha value is -1.98. The number of esters is 2. The zero-order valence-electron chi connectivity index (χ0n) is 12.7. The second-order valence-corrected chi connectivity index (χ2v) is 4.88. The van der Waals surface area contributed by atoms with Crippen LogP contribution >= 0.6 is 0 Å². The van der Waals surface area contributed by atoms with Gasteiger partial charge in [-0.25, -0.2) is 9.59 Å². The Morgan fingerprint density at radius 2 is 1.73 bits per heavy atom. The van der Waals surface area contributed by atoms with E-state index in [1.165, 1.54) is 6.92 Å². The van der Waals surface area contributed by atoms with Crippen molar-refractivity contribution in [1.29, 1.82) is 0 Å². The van der Waals surface area contributed by atoms with Crippen LogP contribution in [0.5, 0.6) is 0 Å². The van der Waals surface area contributed by atoms with Crippen LogP contribution in [0.4, 0.5) is 8.78 Å². The summed E-state index contributed by atoms with van der Waals surface area (Å²) in [5, 5.41) is 0. The molecule has 0 radical (unpaired) electrons. The molecule has 0 spiro atoms. The maximum Gasteiger partial charge on any atom is 0.376 e. The van der Waals surface area contributed by atoms with Gasteiger partial charge in [-0.2, -0.15) is 8.78 Å². The fraction of sp³-hybridized carbons (Fsp3) is 0.500. The van der Waals surface area contributed by atoms with E-state index in [1.807, 2.05) is 6.92 Å². The first-order chi connectivity index (χ1) is 10.4. The summed E-state index contributed by atoms with van der Waals surface area (Å²) in [6.45, 7) is 3.32. The Labute approximate surface area is 128 Å². The number of benzene rings is 1. The molecule has 6 heteroatoms. The molecule has 0 heterocycles. The topological polar surface area (TPSA) is 52.6 Å². The van der Waals surface area contributed by atoms with Gasteiger partial charge < -0.3 is 9.47 Å². The van der Waals surface area contributed by atoms with E-state index in [0.29, 0.717) is 5.56 Å². The molecule has 122 valence electrons. The van der Waals surface area contributed by atoms with Crippen LogP contribution in [-0.4, -0.2) is 31.1 Å². The van der Waals surface area contributed by atoms with Crippen molar-refractivity contribution in [3.05, 3.63) is 35.4 Å². The van der Waals surface area contributed by atoms with Gasteiger partial charge in [-0.1, -0.05) is 17.7 Å². The number of carbonyl (C=O) groups excluding carboxylic acids is 2. The van der Waals surface area contributed by atoms with E-state index in [2.05, 4.69) is 4.74 Å². The summed E-state index contributed by atoms with van der Waals surface area (Å²) in [5.41, 5.74) is 1.44. The number of halogens is 2. The highest BCUT2D eigenvalue weighted by Gasteiger charge is 2.39. The lowest BCUT2D eigenvalue weighted by Gasteiger charge is -2.14. The van der Waals surface area contributed by atoms with Gasteiger partial charge >= 0.3 is 17.9 Å². The lowest BCUT2D eigenvalue weighted by Crippen LogP contribution is -2.30. The minimum Gasteiger partial charge on any atom is -0.462 e. The van der Waals surface area contributed by atoms with E-state index in [-0.39, 0.29) is 26.1 Å². The smallest absolute Gasteiger partial charge is 0.376 e. The number of alkyl halides is 2. The summed E-state index contributed by atoms with van der Waals surface area (Å²) in [6, 6.07) is 6.87. The second-order valence-electron chi connectivity index (χ2n) is 4.88. The van der Waals surface area contributed by atoms with Gasteiger partial charge in [0.2, 0.25) is 0 Å². The highest BCUT2D eigenvalue weighted by atomic mass is 19.3. The van der Waals surface area contributed by atoms with Crippen LogP contribution in [0.1, 0.15) is 42.1 Å². The first-order valence-corrected chi connectivity index (χ1v) is 7.15. The average molecular weight is 314 g/mol. The molecule has 0 saturated heterocycles. The summed E-state index contributed by atoms with van der Waals surface area (Å²) in [7, 11) is 0. The number of ether oxygens (including phenoxy) is 2. The number of hydrogen-bond donors (Lipinski definition) is 0. The normalized spacial score (nSPS) is 11.1. The van der Waals surface area contributed by atoms with Gasteiger partial charge in [-0.05, 0) is 38.8 Å². The number of aryl methyl sites for hydroxylation is 1. The monoisotopic (exact) mass is 314 g/mol. The zero-order valence-corrected chi connectivity index (χ0v) is 12.7. The highest BCUT2D eigenvalue weighted by Crippen LogP contribution is 2.23. The van der Waals surface area contributed by atoms with Gasteiger partial charge in [0.15, 0.2) is 0 Å². The molecule has 0 bridgehead atoms. The van der Waals surface area contributed by atoms with Crippen molar-refractivity contribution in [2.24, 2.45) is 0 Å². The summed E-state index contributed by atoms with van der Waals surface area (Å²) in [6.07, 6.45) is -0.298. The van der Waals surface area contributed by atoms with Crippen LogP contribution in [0, 0.1) is 6.92 Å². The van der Waals surface area contributed by atoms with Crippen molar-refractivity contribution >= 4 is 11.9 Å². The highest BCUT2D eigenvalue weighted by molar-refractivity contribution is 5.89. The summed E-state index contributed by atoms with van der Waals surface area (Å²) < 4.78 is 35.9. The Kier molecular flexibility index (Phi) is 6.95. The summed E-state index contributed by atoms with van der Waals surface area (Å²) in [5.74, 6) is -5.49. The largest absolute Gasteiger partial charge is 0.462 e. The Morgan fingerprint density at radius 1 is 1.09 bits per heavy atom. The fourth-order valence-electron chi connectivity index (χ4n) is 1.73. The van der Waals surface area contributed by atoms with Crippen molar-refractivity contribution in [2.75, 3.05) is 13.2 Å². The molecule has 0 unspecified atom stereocenters. The van der Waals surface area contributed by atoms with Crippen molar-refractivity contribution in [3.8, 4) is 0 Å². The second kappa shape index (κ2) is 8.46. The number of hydrogen-bond acceptors (Lipinski definition) is 4. The Balaban J connectivity index is 2.26. The predicted molar refractivity (Wildman–Crippen MR) is 76.9 cm³/mol. The van der Waals surface area contributed by atoms with Crippen LogP contribution < -0.4 is 0 Å². The SMILES string of the molecule is CCOC(=O)C(F)(F)CCCCOC(=O)c1ccc(C)cc1. The molecular formula is C16H20F2O4. The molecule has 0 aliphatic rings. The minimum absolute atomic E-state index is 0.0333. The van der Waals surface area contributed by atoms with Gasteiger partial charge in [-0.3, -0.25) is 0 Å². The first-order valence-electron chi connectivity index (χ1n) is 7.15. The van der Waals surface area contributed by atoms with E-state index in [1.54, 1.807) is 24.3 Å². The molecule has 0 N–H and O–H groups in total. The summed E-state index contributed by atoms with van der Waals surface area (Å²) >= 11 is 0. The summed E-state index contributed by atoms with van der Waals surface area (Å²) in [4.78, 5) is 22.7. The molecule has 0 aromatic heterocycles. The lowest BCUT2D eigenvalue weighted by molar-refractivity contribution is -0.172. The van der Waals surface area contributed by atoms with Crippen molar-refractivity contribution in [2.45, 2.75) is 39.0 Å². The molecule has 4 nitrogen and oxygen atoms in total. The van der Waals surface area contributed by atoms with Gasteiger partial charge in [0, 0.05) is 6.42 Å². The minimum atomic E-state index is -3.49. The van der Waals surface area contributed by atoms with E-state index in [0.717, 1.165) is 5.56 Å². The third-order valence-electron chi connectivity index (χ3n) is 2.98. The van der Waals surface area contributed by atoms with Crippen molar-refractivity contribution < 1.29 is 27.8 Å². The number of unbranched alkanes of at least 4 members (excludes halogenated alkanes) is 1. The van der Waals surface area contributed by atoms with Gasteiger partial charge in [0.05, 0.1) is 18.8 Å². The molecule has 0 saturated carbocycles. The number of carbonyl (C=O) groups is 2. The van der Waals surface area contributed by atoms with Gasteiger partial charge in [-0.15, -0.1) is 0 Å². The molecule has 1 aromatic rings. The molecule has 1 aromatic carbocycles. The zero-order chi connectivity index (χ0) is 16.6. The van der Waals surface area contributed by atoms with E-state index in [9.17, 15) is 18.4 Å². The Morgan fingerprint density at radius 3 is 2.32 bits per heavy atom. The predicted octanol–water partition coefficient (Wildman–Crippen LogP) is 3.52. The van der Waals surface area contributed by atoms with Crippen LogP contribution in [-0.2, 0) is 14.3 Å². The van der Waals surface area contributed by atoms with Crippen molar-refractivity contribution in [1.82, 2.24) is 0 Å². The Bertz CT molecular complexity index is 497. The maximum atomic E-state index is 13.3. The molecule has 0 amide bonds. The number of rotatable bonds is 8. The molecule has 0 aliphatic carbocycles. The van der Waals surface area contributed by atoms with Crippen molar-refractivity contribution in [3.63, 3.8) is 0 Å². The molecule has 0 atom stereocenters. The van der Waals surface area contributed by atoms with E-state index in [4.69, 9.17) is 4.74 Å². The van der Waals surface area contributed by atoms with Crippen LogP contribution in [0.15, 0.2) is 24.3 Å². The standard InChI is InChI=1S/C16H20F2O4/c1-3-21-15(20)16(17,18)10-4-5-11-22-14(19)13-8-6-12(2)7-9-13/h6-9H,3-5,10-11H2,1-2H3. The maximum absolute atomic E-state index is 13.3. The van der Waals surface area contributed by atoms with Gasteiger partial charge in [0.25, 0.3) is 0 Å². The fourth-order valence-corrected chi connectivity index (χ4v) is 1.73. The molecular weight excluding hydrogens is 294 g/mol. The van der Waals surface area contributed by atoms with Gasteiger partial charge in [0.1, 0.15) is 0 Å². The molecule has 0 aliphatic heterocycles. The van der Waals surface area contributed by atoms with Crippen LogP contribution in [0.25, 0.3) is 0 Å². The third kappa shape index (κ3) is 5.79. The lowest BCUT2D eigenvalue weighted by atomic mass is 10.1. The molecule has 1 rings (SSSR count). The first kappa shape index (κ1) is 18.1. The van der Waals surface area contributed by atoms with Crippen LogP contribution in [0.3, 0.4) is 0 Å². The van der Waals surface area contributed by atoms with E-state index >= 15 is 0 Å². The molecule has 22 heavy (non-hydrogen) atoms. The molecule has 0 fully saturated rings. The average Bonchev–Trinajstić information content (AvgIpc) is 2.47. The van der Waals surface area contributed by atoms with Crippen LogP contribution in [0.2, 0.25) is 0 Å². The quantitative estimate of drug-likeness (QED) is 0.544. The third-order valence-corrected chi connectivity index (χ3v) is 2.98.